The van der Waals surface area contributed by atoms with Crippen LogP contribution in [0.2, 0.25) is 0 Å². The van der Waals surface area contributed by atoms with Crippen molar-refractivity contribution >= 4 is 17.6 Å². The van der Waals surface area contributed by atoms with Crippen molar-refractivity contribution in [3.8, 4) is 0 Å². The molecule has 0 aliphatic heterocycles. The summed E-state index contributed by atoms with van der Waals surface area (Å²) in [6, 6.07) is 9.49. The lowest BCUT2D eigenvalue weighted by Gasteiger charge is -2.04. The van der Waals surface area contributed by atoms with E-state index >= 15 is 0 Å². The number of esters is 2. The third kappa shape index (κ3) is 6.19. The second kappa shape index (κ2) is 8.15. The van der Waals surface area contributed by atoms with Crippen LogP contribution in [0.1, 0.15) is 6.92 Å². The lowest BCUT2D eigenvalue weighted by atomic mass is 10.2. The molecule has 5 nitrogen and oxygen atoms in total. The SMILES string of the molecule is COC(=O)C(C)C(=O)OC.Nc1ccccc1. The van der Waals surface area contributed by atoms with Gasteiger partial charge in [0, 0.05) is 5.69 Å². The second-order valence-corrected chi connectivity index (χ2v) is 3.18. The molecule has 17 heavy (non-hydrogen) atoms. The van der Waals surface area contributed by atoms with Crippen LogP contribution < -0.4 is 5.73 Å². The van der Waals surface area contributed by atoms with Gasteiger partial charge in [0.05, 0.1) is 14.2 Å². The van der Waals surface area contributed by atoms with Crippen LogP contribution >= 0.6 is 0 Å². The van der Waals surface area contributed by atoms with Gasteiger partial charge in [-0.3, -0.25) is 9.59 Å². The van der Waals surface area contributed by atoms with Crippen LogP contribution in [0.25, 0.3) is 0 Å². The quantitative estimate of drug-likeness (QED) is 0.477. The molecular formula is C12H17NO4. The molecule has 0 saturated carbocycles. The van der Waals surface area contributed by atoms with Gasteiger partial charge in [-0.05, 0) is 19.1 Å². The van der Waals surface area contributed by atoms with Gasteiger partial charge in [-0.1, -0.05) is 18.2 Å². The second-order valence-electron chi connectivity index (χ2n) is 3.18. The highest BCUT2D eigenvalue weighted by Crippen LogP contribution is 1.99. The summed E-state index contributed by atoms with van der Waals surface area (Å²) in [7, 11) is 2.45. The average Bonchev–Trinajstić information content (AvgIpc) is 2.37. The van der Waals surface area contributed by atoms with Gasteiger partial charge in [0.25, 0.3) is 0 Å². The third-order valence-electron chi connectivity index (χ3n) is 1.91. The first-order chi connectivity index (χ1) is 8.02. The van der Waals surface area contributed by atoms with Gasteiger partial charge < -0.3 is 15.2 Å². The number of hydrogen-bond acceptors (Lipinski definition) is 5. The topological polar surface area (TPSA) is 78.6 Å². The molecule has 0 fully saturated rings. The van der Waals surface area contributed by atoms with E-state index in [1.807, 2.05) is 30.3 Å². The first kappa shape index (κ1) is 15.0. The van der Waals surface area contributed by atoms with Crippen LogP contribution in [0, 0.1) is 5.92 Å². The number of benzene rings is 1. The molecule has 0 heterocycles. The molecule has 94 valence electrons. The molecule has 0 aliphatic rings. The van der Waals surface area contributed by atoms with E-state index in [9.17, 15) is 9.59 Å². The summed E-state index contributed by atoms with van der Waals surface area (Å²) in [5.41, 5.74) is 6.18. The monoisotopic (exact) mass is 239 g/mol. The number of ether oxygens (including phenoxy) is 2. The minimum atomic E-state index is -0.824. The Balaban J connectivity index is 0.000000318. The van der Waals surface area contributed by atoms with Crippen molar-refractivity contribution in [2.45, 2.75) is 6.92 Å². The summed E-state index contributed by atoms with van der Waals surface area (Å²) >= 11 is 0. The van der Waals surface area contributed by atoms with Crippen molar-refractivity contribution in [2.24, 2.45) is 5.92 Å². The molecule has 5 heteroatoms. The van der Waals surface area contributed by atoms with E-state index in [1.165, 1.54) is 21.1 Å². The van der Waals surface area contributed by atoms with Crippen LogP contribution in [0.15, 0.2) is 30.3 Å². The maximum Gasteiger partial charge on any atom is 0.319 e. The smallest absolute Gasteiger partial charge is 0.319 e. The van der Waals surface area contributed by atoms with Crippen LogP contribution in [-0.4, -0.2) is 26.2 Å². The number of anilines is 1. The molecule has 1 aromatic carbocycles. The van der Waals surface area contributed by atoms with E-state index in [2.05, 4.69) is 9.47 Å². The Morgan fingerprint density at radius 1 is 1.06 bits per heavy atom. The van der Waals surface area contributed by atoms with E-state index in [0.717, 1.165) is 5.69 Å². The van der Waals surface area contributed by atoms with Crippen molar-refractivity contribution in [1.82, 2.24) is 0 Å². The molecule has 0 aliphatic carbocycles. The molecule has 0 spiro atoms. The largest absolute Gasteiger partial charge is 0.468 e. The molecule has 0 atom stereocenters. The minimum Gasteiger partial charge on any atom is -0.468 e. The lowest BCUT2D eigenvalue weighted by Crippen LogP contribution is -2.23. The van der Waals surface area contributed by atoms with E-state index in [0.29, 0.717) is 0 Å². The van der Waals surface area contributed by atoms with E-state index in [4.69, 9.17) is 5.73 Å². The number of carbonyl (C=O) groups is 2. The van der Waals surface area contributed by atoms with Gasteiger partial charge >= 0.3 is 11.9 Å². The highest BCUT2D eigenvalue weighted by Gasteiger charge is 2.22. The summed E-state index contributed by atoms with van der Waals surface area (Å²) < 4.78 is 8.59. The number of nitrogen functional groups attached to an aromatic ring is 1. The van der Waals surface area contributed by atoms with E-state index in [-0.39, 0.29) is 0 Å². The van der Waals surface area contributed by atoms with Gasteiger partial charge in [-0.2, -0.15) is 0 Å². The summed E-state index contributed by atoms with van der Waals surface area (Å²) in [6.07, 6.45) is 0. The van der Waals surface area contributed by atoms with Gasteiger partial charge in [0.2, 0.25) is 0 Å². The van der Waals surface area contributed by atoms with Crippen molar-refractivity contribution in [3.05, 3.63) is 30.3 Å². The molecule has 0 amide bonds. The number of nitrogens with two attached hydrogens (primary N) is 1. The Morgan fingerprint density at radius 2 is 1.47 bits per heavy atom. The lowest BCUT2D eigenvalue weighted by molar-refractivity contribution is -0.157. The van der Waals surface area contributed by atoms with Gasteiger partial charge in [0.1, 0.15) is 0 Å². The van der Waals surface area contributed by atoms with Gasteiger partial charge in [-0.25, -0.2) is 0 Å². The van der Waals surface area contributed by atoms with Gasteiger partial charge in [-0.15, -0.1) is 0 Å². The maximum atomic E-state index is 10.6. The normalized spacial score (nSPS) is 8.94. The Labute approximate surface area is 101 Å². The van der Waals surface area contributed by atoms with Crippen LogP contribution in [-0.2, 0) is 19.1 Å². The number of carbonyl (C=O) groups excluding carboxylic acids is 2. The Morgan fingerprint density at radius 3 is 1.71 bits per heavy atom. The van der Waals surface area contributed by atoms with Gasteiger partial charge in [0.15, 0.2) is 5.92 Å². The molecule has 0 radical (unpaired) electrons. The fourth-order valence-electron chi connectivity index (χ4n) is 0.903. The van der Waals surface area contributed by atoms with E-state index in [1.54, 1.807) is 0 Å². The van der Waals surface area contributed by atoms with Crippen molar-refractivity contribution in [1.29, 1.82) is 0 Å². The highest BCUT2D eigenvalue weighted by molar-refractivity contribution is 5.94. The first-order valence-electron chi connectivity index (χ1n) is 4.99. The zero-order valence-corrected chi connectivity index (χ0v) is 10.2. The Hall–Kier alpha value is -2.04. The van der Waals surface area contributed by atoms with Crippen molar-refractivity contribution in [3.63, 3.8) is 0 Å². The fraction of sp³-hybridized carbons (Fsp3) is 0.333. The number of hydrogen-bond donors (Lipinski definition) is 1. The average molecular weight is 239 g/mol. The summed E-state index contributed by atoms with van der Waals surface area (Å²) in [6.45, 7) is 1.43. The molecule has 1 aromatic rings. The Kier molecular flexibility index (Phi) is 7.17. The number of para-hydroxylation sites is 1. The molecule has 0 saturated heterocycles. The molecule has 2 N–H and O–H groups in total. The summed E-state index contributed by atoms with van der Waals surface area (Å²) in [5, 5.41) is 0. The van der Waals surface area contributed by atoms with Crippen molar-refractivity contribution in [2.75, 3.05) is 20.0 Å². The Bertz CT molecular complexity index is 335. The van der Waals surface area contributed by atoms with Crippen LogP contribution in [0.3, 0.4) is 0 Å². The highest BCUT2D eigenvalue weighted by atomic mass is 16.5. The molecule has 0 aromatic heterocycles. The van der Waals surface area contributed by atoms with E-state index < -0.39 is 17.9 Å². The maximum absolute atomic E-state index is 10.6. The van der Waals surface area contributed by atoms with Crippen LogP contribution in [0.4, 0.5) is 5.69 Å². The summed E-state index contributed by atoms with van der Waals surface area (Å²) in [5.74, 6) is -1.98. The molecule has 1 rings (SSSR count). The molecule has 0 bridgehead atoms. The fourth-order valence-corrected chi connectivity index (χ4v) is 0.903. The minimum absolute atomic E-state index is 0.577. The predicted octanol–water partition coefficient (Wildman–Crippen LogP) is 1.24. The number of rotatable bonds is 2. The first-order valence-corrected chi connectivity index (χ1v) is 4.99. The predicted molar refractivity (Wildman–Crippen MR) is 64.1 cm³/mol. The zero-order valence-electron chi connectivity index (χ0n) is 10.2. The standard InChI is InChI=1S/C6H7N.C6H10O4/c7-6-4-2-1-3-5-6;1-4(5(7)9-2)6(8)10-3/h1-5H,7H2;4H,1-3H3. The zero-order chi connectivity index (χ0) is 13.3. The third-order valence-corrected chi connectivity index (χ3v) is 1.91. The summed E-state index contributed by atoms with van der Waals surface area (Å²) in [4.78, 5) is 21.2. The molecule has 0 unspecified atom stereocenters. The number of methoxy groups -OCH3 is 2. The van der Waals surface area contributed by atoms with Crippen molar-refractivity contribution < 1.29 is 19.1 Å². The molecular weight excluding hydrogens is 222 g/mol. The van der Waals surface area contributed by atoms with Crippen LogP contribution in [0.5, 0.6) is 0 Å².